The Kier molecular flexibility index (Phi) is 24.2. The van der Waals surface area contributed by atoms with Gasteiger partial charge in [0, 0.05) is 74.6 Å². The van der Waals surface area contributed by atoms with E-state index in [-0.39, 0.29) is 0 Å². The van der Waals surface area contributed by atoms with E-state index in [2.05, 4.69) is 338 Å². The van der Waals surface area contributed by atoms with Crippen molar-refractivity contribution in [3.8, 4) is 46.3 Å². The Labute approximate surface area is 759 Å². The van der Waals surface area contributed by atoms with Gasteiger partial charge in [0.1, 0.15) is 45.3 Å². The molecule has 18 rings (SSSR count). The van der Waals surface area contributed by atoms with E-state index >= 15 is 0 Å². The van der Waals surface area contributed by atoms with Gasteiger partial charge in [-0.15, -0.1) is 0 Å². The lowest BCUT2D eigenvalue weighted by atomic mass is 9.65. The van der Waals surface area contributed by atoms with Gasteiger partial charge in [-0.25, -0.2) is 0 Å². The lowest BCUT2D eigenvalue weighted by molar-refractivity contribution is 0.413. The Morgan fingerprint density at radius 3 is 0.508 bits per heavy atom. The van der Waals surface area contributed by atoms with Crippen LogP contribution in [0.5, 0.6) is 34.5 Å². The quantitative estimate of drug-likeness (QED) is 0.0310. The standard InChI is InChI=1S/C112H102N12O6/c1-119(69-87-49-37-75-25-13-19-31-93(75)113-87)99-63-81(43-55-105(99)125-7)111(82-44-56-106(126-8)100(64-82)120(2)70-88-50-38-76-26-14-20-32-94(76)114-88,83-45-57-107(127-9)101(65-83)121(3)71-89-51-39-77-27-15-21-33-95(77)115-89)61-62-112(84-46-58-108(128-10)102(66-84)122(4)72-90-52-40-78-28-16-22-34-96(78)116-90,85-47-59-109(129-11)103(67-85)123(5)73-91-53-41-79-29-17-23-35-97(79)117-91)86-48-60-110(130-12)104(68-86)124(6)74-92-54-42-80-30-18-24-36-98(80)118-92/h13-60,63-68H,69-74H2,1-12H3. The van der Waals surface area contributed by atoms with Gasteiger partial charge in [0.2, 0.25) is 0 Å². The van der Waals surface area contributed by atoms with Gasteiger partial charge in [-0.1, -0.05) is 194 Å². The highest BCUT2D eigenvalue weighted by Crippen LogP contribution is 2.52. The van der Waals surface area contributed by atoms with Gasteiger partial charge in [-0.05, 0) is 179 Å². The Hall–Kier alpha value is -15.7. The molecule has 0 bridgehead atoms. The summed E-state index contributed by atoms with van der Waals surface area (Å²) >= 11 is 0. The van der Waals surface area contributed by atoms with Crippen LogP contribution >= 0.6 is 0 Å². The van der Waals surface area contributed by atoms with Crippen molar-refractivity contribution in [1.82, 2.24) is 29.9 Å². The Morgan fingerprint density at radius 2 is 0.354 bits per heavy atom. The fraction of sp³-hybridized carbons (Fsp3) is 0.179. The van der Waals surface area contributed by atoms with E-state index in [0.29, 0.717) is 73.8 Å². The molecule has 18 heteroatoms. The number of hydrogen-bond acceptors (Lipinski definition) is 18. The molecule has 0 unspecified atom stereocenters. The van der Waals surface area contributed by atoms with Crippen molar-refractivity contribution in [3.05, 3.63) is 395 Å². The predicted octanol–water partition coefficient (Wildman–Crippen LogP) is 22.2. The van der Waals surface area contributed by atoms with Crippen LogP contribution in [0.2, 0.25) is 0 Å². The van der Waals surface area contributed by atoms with Gasteiger partial charge in [0.25, 0.3) is 0 Å². The maximum Gasteiger partial charge on any atom is 0.142 e. The minimum atomic E-state index is -1.56. The maximum atomic E-state index is 6.58. The summed E-state index contributed by atoms with van der Waals surface area (Å²) in [5.74, 6) is 12.8. The topological polar surface area (TPSA) is 152 Å². The zero-order valence-electron chi connectivity index (χ0n) is 75.2. The lowest BCUT2D eigenvalue weighted by Crippen LogP contribution is -2.33. The lowest BCUT2D eigenvalue weighted by Gasteiger charge is -2.37. The van der Waals surface area contributed by atoms with E-state index < -0.39 is 10.8 Å². The third kappa shape index (κ3) is 17.1. The van der Waals surface area contributed by atoms with Crippen molar-refractivity contribution in [2.45, 2.75) is 50.1 Å². The average molecular weight is 1710 g/mol. The first-order valence-electron chi connectivity index (χ1n) is 43.5. The number of ether oxygens (including phenoxy) is 6. The van der Waals surface area contributed by atoms with Crippen molar-refractivity contribution in [2.75, 3.05) is 114 Å². The average Bonchev–Trinajstić information content (AvgIpc) is 0.718. The molecule has 12 aromatic carbocycles. The molecular formula is C112H102N12O6. The molecule has 0 aliphatic rings. The van der Waals surface area contributed by atoms with Crippen LogP contribution in [0, 0.1) is 11.8 Å². The largest absolute Gasteiger partial charge is 0.495 e. The molecule has 0 amide bonds. The van der Waals surface area contributed by atoms with Gasteiger partial charge in [-0.3, -0.25) is 29.9 Å². The second kappa shape index (κ2) is 37.1. The number of nitrogens with zero attached hydrogens (tertiary/aromatic N) is 12. The monoisotopic (exact) mass is 1710 g/mol. The number of pyridine rings is 6. The summed E-state index contributed by atoms with van der Waals surface area (Å²) in [6, 6.07) is 114. The molecule has 0 aliphatic carbocycles. The number of aromatic nitrogens is 6. The van der Waals surface area contributed by atoms with Crippen molar-refractivity contribution in [1.29, 1.82) is 0 Å². The molecule has 18 aromatic rings. The third-order valence-electron chi connectivity index (χ3n) is 24.9. The molecule has 0 radical (unpaired) electrons. The molecule has 0 spiro atoms. The third-order valence-corrected chi connectivity index (χ3v) is 24.9. The molecule has 130 heavy (non-hydrogen) atoms. The minimum Gasteiger partial charge on any atom is -0.495 e. The van der Waals surface area contributed by atoms with Gasteiger partial charge in [0.15, 0.2) is 0 Å². The predicted molar refractivity (Wildman–Crippen MR) is 529 cm³/mol. The van der Waals surface area contributed by atoms with E-state index in [9.17, 15) is 0 Å². The van der Waals surface area contributed by atoms with Crippen molar-refractivity contribution in [3.63, 3.8) is 0 Å². The molecule has 0 N–H and O–H groups in total. The molecule has 0 fully saturated rings. The van der Waals surface area contributed by atoms with Gasteiger partial charge in [0.05, 0.1) is 183 Å². The Bertz CT molecular complexity index is 6230. The fourth-order valence-corrected chi connectivity index (χ4v) is 18.1. The Morgan fingerprint density at radius 1 is 0.200 bits per heavy atom. The van der Waals surface area contributed by atoms with E-state index in [1.807, 2.05) is 72.8 Å². The van der Waals surface area contributed by atoms with E-state index in [4.69, 9.17) is 58.3 Å². The number of methoxy groups -OCH3 is 6. The number of para-hydroxylation sites is 6. The van der Waals surface area contributed by atoms with Crippen LogP contribution in [-0.4, -0.2) is 115 Å². The highest BCUT2D eigenvalue weighted by atomic mass is 16.5. The summed E-state index contributed by atoms with van der Waals surface area (Å²) in [6.45, 7) is 2.47. The van der Waals surface area contributed by atoms with Gasteiger partial charge >= 0.3 is 0 Å². The Balaban J connectivity index is 0.962. The van der Waals surface area contributed by atoms with Crippen LogP contribution in [0.25, 0.3) is 65.4 Å². The highest BCUT2D eigenvalue weighted by Gasteiger charge is 2.43. The zero-order valence-corrected chi connectivity index (χ0v) is 75.2. The molecule has 6 heterocycles. The zero-order chi connectivity index (χ0) is 89.6. The molecule has 18 nitrogen and oxygen atoms in total. The molecule has 646 valence electrons. The molecular weight excluding hydrogens is 1610 g/mol. The number of benzene rings is 12. The van der Waals surface area contributed by atoms with Gasteiger partial charge in [-0.2, -0.15) is 0 Å². The second-order valence-corrected chi connectivity index (χ2v) is 33.2. The van der Waals surface area contributed by atoms with Crippen LogP contribution in [0.15, 0.2) is 328 Å². The van der Waals surface area contributed by atoms with Crippen LogP contribution < -0.4 is 57.8 Å². The van der Waals surface area contributed by atoms with Crippen LogP contribution in [0.3, 0.4) is 0 Å². The summed E-state index contributed by atoms with van der Waals surface area (Å²) in [6.07, 6.45) is 0. The molecule has 0 saturated carbocycles. The van der Waals surface area contributed by atoms with Crippen molar-refractivity contribution < 1.29 is 28.4 Å². The van der Waals surface area contributed by atoms with E-state index in [1.54, 1.807) is 42.7 Å². The second-order valence-electron chi connectivity index (χ2n) is 33.2. The number of hydrogen-bond donors (Lipinski definition) is 0. The number of anilines is 6. The van der Waals surface area contributed by atoms with Gasteiger partial charge < -0.3 is 57.8 Å². The molecule has 0 atom stereocenters. The van der Waals surface area contributed by atoms with Crippen molar-refractivity contribution in [2.24, 2.45) is 0 Å². The summed E-state index contributed by atoms with van der Waals surface area (Å²) in [4.78, 5) is 44.9. The molecule has 0 saturated heterocycles. The normalized spacial score (nSPS) is 11.5. The molecule has 0 aliphatic heterocycles. The summed E-state index contributed by atoms with van der Waals surface area (Å²) in [7, 11) is 22.9. The van der Waals surface area contributed by atoms with Crippen LogP contribution in [0.1, 0.15) is 67.5 Å². The first-order valence-corrected chi connectivity index (χ1v) is 43.5. The summed E-state index contributed by atoms with van der Waals surface area (Å²) in [5.41, 5.74) is 16.9. The number of fused-ring (bicyclic) bond motifs is 6. The molecule has 6 aromatic heterocycles. The number of rotatable bonds is 30. The van der Waals surface area contributed by atoms with Crippen LogP contribution in [0.4, 0.5) is 34.1 Å². The first kappa shape index (κ1) is 85.1. The smallest absolute Gasteiger partial charge is 0.142 e. The fourth-order valence-electron chi connectivity index (χ4n) is 18.1. The maximum absolute atomic E-state index is 6.58. The first-order chi connectivity index (χ1) is 63.5. The summed E-state index contributed by atoms with van der Waals surface area (Å²) < 4.78 is 39.5. The van der Waals surface area contributed by atoms with E-state index in [1.165, 1.54) is 0 Å². The highest BCUT2D eigenvalue weighted by molar-refractivity contribution is 5.85. The van der Waals surface area contributed by atoms with E-state index in [0.717, 1.165) is 167 Å². The minimum absolute atomic E-state index is 0.411. The van der Waals surface area contributed by atoms with Crippen LogP contribution in [-0.2, 0) is 50.1 Å². The summed E-state index contributed by atoms with van der Waals surface area (Å²) in [5, 5.41) is 6.29. The SMILES string of the molecule is COc1ccc(C(C#CC(c2ccc(OC)c(N(C)Cc3ccc4ccccc4n3)c2)(c2ccc(OC)c(N(C)Cc3ccc4ccccc4n3)c2)c2ccc(OC)c(N(C)Cc3ccc4ccccc4n3)c2)(c2ccc(OC)c(N(C)Cc3ccc4ccccc4n3)c2)c2ccc(OC)c(N(C)Cc3ccc4ccccc4n3)c2)cc1N(C)Cc1ccc2ccccc2n1. The van der Waals surface area contributed by atoms with Crippen molar-refractivity contribution >= 4 is 99.5 Å².